The Balaban J connectivity index is 2.05. The summed E-state index contributed by atoms with van der Waals surface area (Å²) in [5.41, 5.74) is 1.73. The molecule has 0 aliphatic heterocycles. The van der Waals surface area contributed by atoms with Gasteiger partial charge in [-0.2, -0.15) is 10.2 Å². The maximum absolute atomic E-state index is 13.3. The van der Waals surface area contributed by atoms with Gasteiger partial charge in [0.2, 0.25) is 5.28 Å². The molecule has 1 N–H and O–H groups in total. The second-order valence-corrected chi connectivity index (χ2v) is 4.65. The highest BCUT2D eigenvalue weighted by Crippen LogP contribution is 2.25. The van der Waals surface area contributed by atoms with Crippen LogP contribution in [0.2, 0.25) is 5.28 Å². The Bertz CT molecular complexity index is 851. The van der Waals surface area contributed by atoms with E-state index in [0.29, 0.717) is 22.3 Å². The fraction of sp³-hybridized carbons (Fsp3) is 0. The van der Waals surface area contributed by atoms with Crippen molar-refractivity contribution < 1.29 is 4.39 Å². The molecule has 3 rings (SSSR count). The molecular formula is C15H8ClFN4. The lowest BCUT2D eigenvalue weighted by Gasteiger charge is -2.09. The molecule has 4 nitrogen and oxygen atoms in total. The lowest BCUT2D eigenvalue weighted by molar-refractivity contribution is 0.629. The maximum Gasteiger partial charge on any atom is 0.224 e. The van der Waals surface area contributed by atoms with E-state index < -0.39 is 0 Å². The van der Waals surface area contributed by atoms with Gasteiger partial charge in [-0.1, -0.05) is 0 Å². The number of fused-ring (bicyclic) bond motifs is 1. The van der Waals surface area contributed by atoms with E-state index in [-0.39, 0.29) is 11.1 Å². The van der Waals surface area contributed by atoms with Crippen LogP contribution in [0.1, 0.15) is 5.56 Å². The number of aromatic nitrogens is 2. The van der Waals surface area contributed by atoms with Gasteiger partial charge in [0.1, 0.15) is 11.6 Å². The van der Waals surface area contributed by atoms with Crippen molar-refractivity contribution in [2.75, 3.05) is 5.32 Å². The molecule has 0 radical (unpaired) electrons. The number of nitriles is 1. The molecule has 0 saturated carbocycles. The predicted octanol–water partition coefficient (Wildman–Crippen LogP) is 4.04. The number of rotatable bonds is 2. The molecule has 0 aliphatic carbocycles. The van der Waals surface area contributed by atoms with Crippen LogP contribution in [0.15, 0.2) is 42.5 Å². The van der Waals surface area contributed by atoms with E-state index in [4.69, 9.17) is 16.9 Å². The minimum atomic E-state index is -0.387. The molecular weight excluding hydrogens is 291 g/mol. The Morgan fingerprint density at radius 1 is 1.10 bits per heavy atom. The summed E-state index contributed by atoms with van der Waals surface area (Å²) in [6.45, 7) is 0. The van der Waals surface area contributed by atoms with E-state index in [1.807, 2.05) is 6.07 Å². The van der Waals surface area contributed by atoms with Crippen LogP contribution in [0.3, 0.4) is 0 Å². The van der Waals surface area contributed by atoms with Gasteiger partial charge in [0.05, 0.1) is 17.1 Å². The molecule has 0 aliphatic rings. The van der Waals surface area contributed by atoms with Crippen LogP contribution in [-0.2, 0) is 0 Å². The molecule has 0 fully saturated rings. The molecule has 2 aromatic carbocycles. The number of halogens is 2. The summed E-state index contributed by atoms with van der Waals surface area (Å²) in [5, 5.41) is 12.6. The summed E-state index contributed by atoms with van der Waals surface area (Å²) in [5.74, 6) is 0.0938. The number of nitrogens with one attached hydrogen (secondary N) is 1. The molecule has 1 heterocycles. The van der Waals surface area contributed by atoms with Crippen LogP contribution in [0.4, 0.5) is 15.9 Å². The summed E-state index contributed by atoms with van der Waals surface area (Å²) in [6, 6.07) is 13.2. The van der Waals surface area contributed by atoms with Crippen LogP contribution in [0, 0.1) is 17.1 Å². The van der Waals surface area contributed by atoms with E-state index in [2.05, 4.69) is 15.3 Å². The first-order valence-electron chi connectivity index (χ1n) is 6.06. The van der Waals surface area contributed by atoms with Gasteiger partial charge >= 0.3 is 0 Å². The fourth-order valence-electron chi connectivity index (χ4n) is 1.93. The maximum atomic E-state index is 13.3. The van der Waals surface area contributed by atoms with Crippen molar-refractivity contribution in [3.63, 3.8) is 0 Å². The second kappa shape index (κ2) is 5.35. The molecule has 0 spiro atoms. The van der Waals surface area contributed by atoms with Crippen molar-refractivity contribution in [3.8, 4) is 6.07 Å². The van der Waals surface area contributed by atoms with E-state index >= 15 is 0 Å². The van der Waals surface area contributed by atoms with E-state index in [0.717, 1.165) is 5.69 Å². The van der Waals surface area contributed by atoms with E-state index in [9.17, 15) is 4.39 Å². The zero-order valence-electron chi connectivity index (χ0n) is 10.6. The highest BCUT2D eigenvalue weighted by atomic mass is 35.5. The number of anilines is 2. The zero-order chi connectivity index (χ0) is 14.8. The Morgan fingerprint density at radius 2 is 1.86 bits per heavy atom. The van der Waals surface area contributed by atoms with E-state index in [1.54, 1.807) is 30.3 Å². The van der Waals surface area contributed by atoms with Crippen LogP contribution in [0.25, 0.3) is 10.9 Å². The summed E-state index contributed by atoms with van der Waals surface area (Å²) < 4.78 is 13.3. The average molecular weight is 299 g/mol. The van der Waals surface area contributed by atoms with Crippen LogP contribution >= 0.6 is 11.6 Å². The van der Waals surface area contributed by atoms with Gasteiger partial charge in [-0.05, 0) is 48.0 Å². The van der Waals surface area contributed by atoms with Gasteiger partial charge in [0.25, 0.3) is 0 Å². The smallest absolute Gasteiger partial charge is 0.224 e. The van der Waals surface area contributed by atoms with Crippen LogP contribution < -0.4 is 5.32 Å². The molecule has 0 atom stereocenters. The van der Waals surface area contributed by atoms with Crippen molar-refractivity contribution in [1.82, 2.24) is 9.97 Å². The van der Waals surface area contributed by atoms with Crippen LogP contribution in [-0.4, -0.2) is 9.97 Å². The zero-order valence-corrected chi connectivity index (χ0v) is 11.4. The molecule has 21 heavy (non-hydrogen) atoms. The minimum Gasteiger partial charge on any atom is -0.340 e. The lowest BCUT2D eigenvalue weighted by Crippen LogP contribution is -1.97. The minimum absolute atomic E-state index is 0.0317. The topological polar surface area (TPSA) is 61.6 Å². The van der Waals surface area contributed by atoms with Gasteiger partial charge in [0.15, 0.2) is 0 Å². The number of benzene rings is 2. The quantitative estimate of drug-likeness (QED) is 0.725. The highest BCUT2D eigenvalue weighted by molar-refractivity contribution is 6.28. The Morgan fingerprint density at radius 3 is 2.57 bits per heavy atom. The molecule has 0 bridgehead atoms. The standard InChI is InChI=1S/C15H8ClFN4/c16-15-20-13-7-10(17)3-6-12(13)14(21-15)19-11-4-1-9(8-18)2-5-11/h1-7H,(H,19,20,21). The molecule has 3 aromatic rings. The van der Waals surface area contributed by atoms with Crippen LogP contribution in [0.5, 0.6) is 0 Å². The Hall–Kier alpha value is -2.71. The SMILES string of the molecule is N#Cc1ccc(Nc2nc(Cl)nc3cc(F)ccc23)cc1. The summed E-state index contributed by atoms with van der Waals surface area (Å²) >= 11 is 5.86. The highest BCUT2D eigenvalue weighted by Gasteiger charge is 2.08. The second-order valence-electron chi connectivity index (χ2n) is 4.32. The lowest BCUT2D eigenvalue weighted by atomic mass is 10.2. The number of nitrogens with zero attached hydrogens (tertiary/aromatic N) is 3. The summed E-state index contributed by atoms with van der Waals surface area (Å²) in [4.78, 5) is 8.12. The van der Waals surface area contributed by atoms with Gasteiger partial charge in [-0.15, -0.1) is 0 Å². The van der Waals surface area contributed by atoms with Crippen molar-refractivity contribution in [2.24, 2.45) is 0 Å². The first-order valence-corrected chi connectivity index (χ1v) is 6.43. The molecule has 0 saturated heterocycles. The Kier molecular flexibility index (Phi) is 3.38. The normalized spacial score (nSPS) is 10.3. The van der Waals surface area contributed by atoms with E-state index in [1.165, 1.54) is 12.1 Å². The average Bonchev–Trinajstić information content (AvgIpc) is 2.47. The predicted molar refractivity (Wildman–Crippen MR) is 78.9 cm³/mol. The third-order valence-corrected chi connectivity index (χ3v) is 3.08. The van der Waals surface area contributed by atoms with Gasteiger partial charge < -0.3 is 5.32 Å². The molecule has 102 valence electrons. The Labute approximate surface area is 124 Å². The molecule has 0 amide bonds. The van der Waals surface area contributed by atoms with Crippen molar-refractivity contribution >= 4 is 34.0 Å². The third kappa shape index (κ3) is 2.76. The first-order chi connectivity index (χ1) is 10.2. The molecule has 0 unspecified atom stereocenters. The summed E-state index contributed by atoms with van der Waals surface area (Å²) in [7, 11) is 0. The third-order valence-electron chi connectivity index (χ3n) is 2.91. The molecule has 1 aromatic heterocycles. The van der Waals surface area contributed by atoms with Crippen molar-refractivity contribution in [1.29, 1.82) is 5.26 Å². The number of hydrogen-bond acceptors (Lipinski definition) is 4. The number of hydrogen-bond donors (Lipinski definition) is 1. The van der Waals surface area contributed by atoms with Crippen molar-refractivity contribution in [2.45, 2.75) is 0 Å². The fourth-order valence-corrected chi connectivity index (χ4v) is 2.11. The molecule has 6 heteroatoms. The van der Waals surface area contributed by atoms with Crippen molar-refractivity contribution in [3.05, 3.63) is 59.1 Å². The summed E-state index contributed by atoms with van der Waals surface area (Å²) in [6.07, 6.45) is 0. The van der Waals surface area contributed by atoms with Gasteiger partial charge in [0, 0.05) is 17.1 Å². The monoisotopic (exact) mass is 298 g/mol. The van der Waals surface area contributed by atoms with Gasteiger partial charge in [-0.3, -0.25) is 0 Å². The van der Waals surface area contributed by atoms with Gasteiger partial charge in [-0.25, -0.2) is 9.37 Å². The first kappa shape index (κ1) is 13.3. The largest absolute Gasteiger partial charge is 0.340 e.